The Hall–Kier alpha value is -3.30. The Kier molecular flexibility index (Phi) is 6.42. The van der Waals surface area contributed by atoms with Crippen LogP contribution in [0.1, 0.15) is 38.3 Å². The smallest absolute Gasteiger partial charge is 0.235 e. The summed E-state index contributed by atoms with van der Waals surface area (Å²) in [5.74, 6) is 2.65. The van der Waals surface area contributed by atoms with Crippen molar-refractivity contribution in [1.82, 2.24) is 15.3 Å². The van der Waals surface area contributed by atoms with Crippen LogP contribution in [0.15, 0.2) is 53.7 Å². The van der Waals surface area contributed by atoms with Crippen LogP contribution in [0.25, 0.3) is 10.9 Å². The first-order chi connectivity index (χ1) is 18.0. The van der Waals surface area contributed by atoms with Crippen LogP contribution in [0.3, 0.4) is 0 Å². The first-order valence-corrected chi connectivity index (χ1v) is 13.8. The minimum absolute atomic E-state index is 0.0102. The van der Waals surface area contributed by atoms with Gasteiger partial charge in [-0.05, 0) is 56.0 Å². The molecule has 2 aliphatic heterocycles. The van der Waals surface area contributed by atoms with Gasteiger partial charge in [-0.3, -0.25) is 9.78 Å². The summed E-state index contributed by atoms with van der Waals surface area (Å²) in [6.07, 6.45) is 5.98. The largest absolute Gasteiger partial charge is 0.486 e. The minimum Gasteiger partial charge on any atom is -0.486 e. The van der Waals surface area contributed by atoms with E-state index in [9.17, 15) is 4.79 Å². The Morgan fingerprint density at radius 2 is 2.03 bits per heavy atom. The molecule has 0 spiro atoms. The molecule has 2 aromatic heterocycles. The van der Waals surface area contributed by atoms with Gasteiger partial charge in [0, 0.05) is 29.9 Å². The number of pyridine rings is 2. The number of ether oxygens (including phenoxy) is 2. The number of benzene rings is 1. The molecule has 0 atom stereocenters. The molecule has 1 fully saturated rings. The monoisotopic (exact) mass is 517 g/mol. The van der Waals surface area contributed by atoms with Gasteiger partial charge in [0.25, 0.3) is 0 Å². The van der Waals surface area contributed by atoms with Crippen LogP contribution in [0.4, 0.5) is 11.5 Å². The maximum absolute atomic E-state index is 11.7. The van der Waals surface area contributed by atoms with Gasteiger partial charge in [0.15, 0.2) is 11.5 Å². The third kappa shape index (κ3) is 4.85. The molecule has 0 unspecified atom stereocenters. The molecule has 4 heterocycles. The number of thioether (sulfide) groups is 1. The molecule has 0 saturated heterocycles. The summed E-state index contributed by atoms with van der Waals surface area (Å²) in [5.41, 5.74) is 3.75. The third-order valence-electron chi connectivity index (χ3n) is 7.62. The number of allylic oxidation sites excluding steroid dienone is 1. The number of hydrogen-bond acceptors (Lipinski definition) is 8. The molecule has 0 bridgehead atoms. The summed E-state index contributed by atoms with van der Waals surface area (Å²) in [5, 5.41) is 11.1. The average Bonchev–Trinajstić information content (AvgIpc) is 2.92. The van der Waals surface area contributed by atoms with Crippen molar-refractivity contribution in [3.63, 3.8) is 0 Å². The van der Waals surface area contributed by atoms with Crippen LogP contribution < -0.4 is 25.4 Å². The lowest BCUT2D eigenvalue weighted by Gasteiger charge is -2.39. The summed E-state index contributed by atoms with van der Waals surface area (Å²) in [7, 11) is 0. The molecule has 1 amide bonds. The molecule has 3 N–H and O–H groups in total. The van der Waals surface area contributed by atoms with E-state index in [0.717, 1.165) is 70.1 Å². The molecular formula is C28H31N5O3S. The summed E-state index contributed by atoms with van der Waals surface area (Å²) < 4.78 is 11.8. The number of aromatic nitrogens is 2. The van der Waals surface area contributed by atoms with E-state index in [0.29, 0.717) is 37.4 Å². The van der Waals surface area contributed by atoms with Crippen LogP contribution >= 0.6 is 11.8 Å². The highest BCUT2D eigenvalue weighted by atomic mass is 32.2. The molecule has 6 rings (SSSR count). The van der Waals surface area contributed by atoms with Crippen molar-refractivity contribution in [1.29, 1.82) is 0 Å². The van der Waals surface area contributed by atoms with Crippen molar-refractivity contribution in [2.45, 2.75) is 50.1 Å². The topological polar surface area (TPSA) is 97.4 Å². The predicted octanol–water partition coefficient (Wildman–Crippen LogP) is 5.11. The molecule has 1 saturated carbocycles. The fraction of sp³-hybridized carbons (Fsp3) is 0.393. The number of anilines is 2. The van der Waals surface area contributed by atoms with Crippen molar-refractivity contribution in [3.05, 3.63) is 54.5 Å². The number of carbonyl (C=O) groups excluding carboxylic acids is 1. The van der Waals surface area contributed by atoms with E-state index in [1.54, 1.807) is 0 Å². The number of nitrogens with zero attached hydrogens (tertiary/aromatic N) is 2. The van der Waals surface area contributed by atoms with Crippen molar-refractivity contribution >= 4 is 40.1 Å². The number of fused-ring (bicyclic) bond motifs is 4. The second-order valence-corrected chi connectivity index (χ2v) is 11.2. The Labute approximate surface area is 220 Å². The van der Waals surface area contributed by atoms with E-state index in [1.165, 1.54) is 11.8 Å². The van der Waals surface area contributed by atoms with Gasteiger partial charge in [-0.1, -0.05) is 13.5 Å². The lowest BCUT2D eigenvalue weighted by molar-refractivity contribution is -0.113. The Bertz CT molecular complexity index is 1370. The van der Waals surface area contributed by atoms with Gasteiger partial charge in [0.2, 0.25) is 5.91 Å². The lowest BCUT2D eigenvalue weighted by atomic mass is 9.72. The highest BCUT2D eigenvalue weighted by Gasteiger charge is 2.34. The Morgan fingerprint density at radius 1 is 1.19 bits per heavy atom. The SMILES string of the molecule is C=C(Nc1ccnc2ccc3c(c12)OCCO3)C1(C)CCC(NCc2ccc3c(n2)NC(=O)CS3)CC1. The average molecular weight is 518 g/mol. The van der Waals surface area contributed by atoms with Crippen LogP contribution in [-0.2, 0) is 11.3 Å². The van der Waals surface area contributed by atoms with Crippen molar-refractivity contribution < 1.29 is 14.3 Å². The van der Waals surface area contributed by atoms with E-state index in [1.807, 2.05) is 36.5 Å². The zero-order chi connectivity index (χ0) is 25.4. The molecule has 3 aliphatic rings. The normalized spacial score (nSPS) is 22.7. The second-order valence-electron chi connectivity index (χ2n) is 10.1. The maximum Gasteiger partial charge on any atom is 0.235 e. The molecule has 37 heavy (non-hydrogen) atoms. The molecule has 1 aliphatic carbocycles. The van der Waals surface area contributed by atoms with Crippen LogP contribution in [-0.4, -0.2) is 40.9 Å². The van der Waals surface area contributed by atoms with Crippen LogP contribution in [0.2, 0.25) is 0 Å². The molecular weight excluding hydrogens is 486 g/mol. The van der Waals surface area contributed by atoms with E-state index in [-0.39, 0.29) is 11.3 Å². The van der Waals surface area contributed by atoms with Gasteiger partial charge < -0.3 is 25.4 Å². The van der Waals surface area contributed by atoms with Gasteiger partial charge in [0.1, 0.15) is 19.0 Å². The van der Waals surface area contributed by atoms with E-state index < -0.39 is 0 Å². The van der Waals surface area contributed by atoms with Gasteiger partial charge in [-0.25, -0.2) is 4.98 Å². The van der Waals surface area contributed by atoms with E-state index >= 15 is 0 Å². The van der Waals surface area contributed by atoms with Crippen molar-refractivity contribution in [2.75, 3.05) is 29.6 Å². The molecule has 192 valence electrons. The zero-order valence-corrected chi connectivity index (χ0v) is 21.7. The maximum atomic E-state index is 11.7. The zero-order valence-electron chi connectivity index (χ0n) is 20.9. The lowest BCUT2D eigenvalue weighted by Crippen LogP contribution is -2.38. The first kappa shape index (κ1) is 24.1. The summed E-state index contributed by atoms with van der Waals surface area (Å²) in [6, 6.07) is 10.4. The second kappa shape index (κ2) is 9.87. The number of rotatable bonds is 6. The molecule has 8 nitrogen and oxygen atoms in total. The van der Waals surface area contributed by atoms with Crippen LogP contribution in [0, 0.1) is 5.41 Å². The number of carbonyl (C=O) groups is 1. The van der Waals surface area contributed by atoms with Crippen LogP contribution in [0.5, 0.6) is 11.5 Å². The molecule has 1 aromatic carbocycles. The summed E-state index contributed by atoms with van der Waals surface area (Å²) >= 11 is 1.54. The van der Waals surface area contributed by atoms with Crippen molar-refractivity contribution in [2.24, 2.45) is 5.41 Å². The van der Waals surface area contributed by atoms with Gasteiger partial charge in [0.05, 0.1) is 32.9 Å². The van der Waals surface area contributed by atoms with Crippen molar-refractivity contribution in [3.8, 4) is 11.5 Å². The Morgan fingerprint density at radius 3 is 2.89 bits per heavy atom. The summed E-state index contributed by atoms with van der Waals surface area (Å²) in [4.78, 5) is 21.9. The minimum atomic E-state index is -0.0223. The van der Waals surface area contributed by atoms with E-state index in [2.05, 4.69) is 39.4 Å². The highest BCUT2D eigenvalue weighted by Crippen LogP contribution is 2.45. The predicted molar refractivity (Wildman–Crippen MR) is 146 cm³/mol. The highest BCUT2D eigenvalue weighted by molar-refractivity contribution is 8.00. The quantitative estimate of drug-likeness (QED) is 0.415. The first-order valence-electron chi connectivity index (χ1n) is 12.8. The van der Waals surface area contributed by atoms with Gasteiger partial charge in [-0.2, -0.15) is 0 Å². The molecule has 9 heteroatoms. The number of nitrogens with one attached hydrogen (secondary N) is 3. The van der Waals surface area contributed by atoms with E-state index in [4.69, 9.17) is 9.47 Å². The van der Waals surface area contributed by atoms with Gasteiger partial charge >= 0.3 is 0 Å². The number of amides is 1. The third-order valence-corrected chi connectivity index (χ3v) is 8.67. The molecule has 0 radical (unpaired) electrons. The summed E-state index contributed by atoms with van der Waals surface area (Å²) in [6.45, 7) is 8.52. The standard InChI is InChI=1S/C28H31N5O3S/c1-17(31-21-9-12-29-20-4-5-22-26(25(20)21)36-14-13-35-22)28(2)10-7-18(8-11-28)30-15-19-3-6-23-27(32-19)33-24(34)16-37-23/h3-6,9,12,18,30H,1,7-8,10-11,13-16H2,2H3,(H,29,31)(H,32,33,34). The van der Waals surface area contributed by atoms with Gasteiger partial charge in [-0.15, -0.1) is 11.8 Å². The Balaban J connectivity index is 1.09. The number of hydrogen-bond donors (Lipinski definition) is 3. The molecule has 3 aromatic rings. The fourth-order valence-electron chi connectivity index (χ4n) is 5.28. The fourth-order valence-corrected chi connectivity index (χ4v) is 6.04.